The topological polar surface area (TPSA) is 58.6 Å². The number of ether oxygens (including phenoxy) is 1. The highest BCUT2D eigenvalue weighted by Crippen LogP contribution is 2.16. The van der Waals surface area contributed by atoms with E-state index in [4.69, 9.17) is 4.74 Å². The number of rotatable bonds is 8. The number of nitrogens with one attached hydrogen (secondary N) is 1. The number of carbonyl (C=O) groups excluding carboxylic acids is 2. The fourth-order valence-corrected chi connectivity index (χ4v) is 2.94. The van der Waals surface area contributed by atoms with Crippen LogP contribution < -0.4 is 10.1 Å². The lowest BCUT2D eigenvalue weighted by Crippen LogP contribution is -2.38. The molecule has 1 N–H and O–H groups in total. The molecule has 2 amide bonds. The lowest BCUT2D eigenvalue weighted by molar-refractivity contribution is -0.130. The van der Waals surface area contributed by atoms with E-state index < -0.39 is 0 Å². The summed E-state index contributed by atoms with van der Waals surface area (Å²) in [6.45, 7) is 7.32. The second-order valence-electron chi connectivity index (χ2n) is 6.65. The predicted molar refractivity (Wildman–Crippen MR) is 93.9 cm³/mol. The van der Waals surface area contributed by atoms with Crippen molar-refractivity contribution in [1.29, 1.82) is 0 Å². The molecule has 1 fully saturated rings. The van der Waals surface area contributed by atoms with Gasteiger partial charge >= 0.3 is 0 Å². The van der Waals surface area contributed by atoms with Crippen LogP contribution in [0.3, 0.4) is 0 Å². The monoisotopic (exact) mass is 332 g/mol. The molecular weight excluding hydrogens is 304 g/mol. The molecule has 1 saturated heterocycles. The van der Waals surface area contributed by atoms with Gasteiger partial charge in [0.05, 0.1) is 6.10 Å². The number of amides is 2. The molecule has 0 saturated carbocycles. The molecule has 1 heterocycles. The Morgan fingerprint density at radius 3 is 2.54 bits per heavy atom. The summed E-state index contributed by atoms with van der Waals surface area (Å²) in [5, 5.41) is 2.94. The van der Waals surface area contributed by atoms with Gasteiger partial charge in [0.25, 0.3) is 0 Å². The first-order chi connectivity index (χ1) is 11.5. The van der Waals surface area contributed by atoms with Crippen LogP contribution in [0.5, 0.6) is 5.75 Å². The van der Waals surface area contributed by atoms with Crippen LogP contribution in [-0.2, 0) is 16.0 Å². The largest absolute Gasteiger partial charge is 0.491 e. The number of hydrogen-bond donors (Lipinski definition) is 1. The van der Waals surface area contributed by atoms with E-state index in [1.807, 2.05) is 49.9 Å². The van der Waals surface area contributed by atoms with Crippen molar-refractivity contribution in [3.05, 3.63) is 29.8 Å². The first kappa shape index (κ1) is 18.3. The van der Waals surface area contributed by atoms with Crippen LogP contribution >= 0.6 is 0 Å². The highest BCUT2D eigenvalue weighted by atomic mass is 16.5. The van der Waals surface area contributed by atoms with Crippen molar-refractivity contribution in [3.63, 3.8) is 0 Å². The molecule has 1 aromatic carbocycles. The zero-order valence-corrected chi connectivity index (χ0v) is 14.9. The van der Waals surface area contributed by atoms with Crippen LogP contribution in [0.2, 0.25) is 0 Å². The lowest BCUT2D eigenvalue weighted by atomic mass is 10.1. The van der Waals surface area contributed by atoms with Crippen molar-refractivity contribution in [2.75, 3.05) is 13.1 Å². The third-order valence-corrected chi connectivity index (χ3v) is 4.15. The van der Waals surface area contributed by atoms with Gasteiger partial charge in [0, 0.05) is 32.0 Å². The summed E-state index contributed by atoms with van der Waals surface area (Å²) in [5.41, 5.74) is 1.16. The molecule has 0 radical (unpaired) electrons. The van der Waals surface area contributed by atoms with Gasteiger partial charge in [-0.3, -0.25) is 9.59 Å². The van der Waals surface area contributed by atoms with Gasteiger partial charge in [0.1, 0.15) is 5.75 Å². The van der Waals surface area contributed by atoms with Gasteiger partial charge in [-0.15, -0.1) is 0 Å². The first-order valence-corrected chi connectivity index (χ1v) is 8.77. The SMILES string of the molecule is CC(C)Oc1ccc(CCNC(=O)C[C@H](C)N2CCCC2=O)cc1. The summed E-state index contributed by atoms with van der Waals surface area (Å²) in [6.07, 6.45) is 2.83. The fourth-order valence-electron chi connectivity index (χ4n) is 2.94. The Morgan fingerprint density at radius 1 is 1.25 bits per heavy atom. The van der Waals surface area contributed by atoms with Crippen molar-refractivity contribution in [2.24, 2.45) is 0 Å². The molecule has 1 aliphatic rings. The maximum atomic E-state index is 12.0. The van der Waals surface area contributed by atoms with E-state index in [9.17, 15) is 9.59 Å². The minimum Gasteiger partial charge on any atom is -0.491 e. The molecule has 1 aromatic rings. The number of hydrogen-bond acceptors (Lipinski definition) is 3. The van der Waals surface area contributed by atoms with Gasteiger partial charge in [-0.2, -0.15) is 0 Å². The van der Waals surface area contributed by atoms with Crippen molar-refractivity contribution in [2.45, 2.75) is 58.6 Å². The number of nitrogens with zero attached hydrogens (tertiary/aromatic N) is 1. The van der Waals surface area contributed by atoms with Gasteiger partial charge < -0.3 is 15.0 Å². The maximum Gasteiger partial charge on any atom is 0.222 e. The van der Waals surface area contributed by atoms with E-state index in [1.54, 1.807) is 0 Å². The first-order valence-electron chi connectivity index (χ1n) is 8.77. The van der Waals surface area contributed by atoms with Crippen molar-refractivity contribution in [1.82, 2.24) is 10.2 Å². The van der Waals surface area contributed by atoms with Gasteiger partial charge in [-0.05, 0) is 51.3 Å². The van der Waals surface area contributed by atoms with E-state index >= 15 is 0 Å². The second kappa shape index (κ2) is 8.71. The van der Waals surface area contributed by atoms with Crippen LogP contribution in [0.4, 0.5) is 0 Å². The van der Waals surface area contributed by atoms with E-state index in [0.717, 1.165) is 30.7 Å². The van der Waals surface area contributed by atoms with Crippen LogP contribution in [0.1, 0.15) is 45.6 Å². The predicted octanol–water partition coefficient (Wildman–Crippen LogP) is 2.53. The molecule has 5 heteroatoms. The Morgan fingerprint density at radius 2 is 1.96 bits per heavy atom. The van der Waals surface area contributed by atoms with Gasteiger partial charge in [0.2, 0.25) is 11.8 Å². The Kier molecular flexibility index (Phi) is 6.64. The molecule has 0 spiro atoms. The third kappa shape index (κ3) is 5.55. The average Bonchev–Trinajstić information content (AvgIpc) is 2.94. The fraction of sp³-hybridized carbons (Fsp3) is 0.579. The minimum atomic E-state index is -0.0209. The Balaban J connectivity index is 1.69. The summed E-state index contributed by atoms with van der Waals surface area (Å²) in [5.74, 6) is 1.03. The quantitative estimate of drug-likeness (QED) is 0.796. The molecule has 1 atom stereocenters. The number of carbonyl (C=O) groups is 2. The minimum absolute atomic E-state index is 0.00182. The summed E-state index contributed by atoms with van der Waals surface area (Å²) < 4.78 is 5.61. The molecule has 0 aliphatic carbocycles. The van der Waals surface area contributed by atoms with Crippen molar-refractivity contribution >= 4 is 11.8 Å². The van der Waals surface area contributed by atoms with E-state index in [1.165, 1.54) is 0 Å². The van der Waals surface area contributed by atoms with Crippen LogP contribution in [0.15, 0.2) is 24.3 Å². The van der Waals surface area contributed by atoms with Crippen molar-refractivity contribution in [3.8, 4) is 5.75 Å². The number of benzene rings is 1. The van der Waals surface area contributed by atoms with Crippen LogP contribution in [0, 0.1) is 0 Å². The molecular formula is C19H28N2O3. The van der Waals surface area contributed by atoms with E-state index in [-0.39, 0.29) is 24.0 Å². The molecule has 1 aliphatic heterocycles. The molecule has 0 aromatic heterocycles. The molecule has 0 unspecified atom stereocenters. The van der Waals surface area contributed by atoms with E-state index in [2.05, 4.69) is 5.32 Å². The van der Waals surface area contributed by atoms with Crippen molar-refractivity contribution < 1.29 is 14.3 Å². The second-order valence-corrected chi connectivity index (χ2v) is 6.65. The molecule has 132 valence electrons. The van der Waals surface area contributed by atoms with Gasteiger partial charge in [-0.1, -0.05) is 12.1 Å². The summed E-state index contributed by atoms with van der Waals surface area (Å²) in [7, 11) is 0. The Hall–Kier alpha value is -2.04. The standard InChI is InChI=1S/C19H28N2O3/c1-14(2)24-17-8-6-16(7-9-17)10-11-20-18(22)13-15(3)21-12-4-5-19(21)23/h6-9,14-15H,4-5,10-13H2,1-3H3,(H,20,22)/t15-/m0/s1. The van der Waals surface area contributed by atoms with Gasteiger partial charge in [-0.25, -0.2) is 0 Å². The number of likely N-dealkylation sites (tertiary alicyclic amines) is 1. The third-order valence-electron chi connectivity index (χ3n) is 4.15. The molecule has 2 rings (SSSR count). The smallest absolute Gasteiger partial charge is 0.222 e. The molecule has 24 heavy (non-hydrogen) atoms. The highest BCUT2D eigenvalue weighted by Gasteiger charge is 2.26. The maximum absolute atomic E-state index is 12.0. The van der Waals surface area contributed by atoms with Gasteiger partial charge in [0.15, 0.2) is 0 Å². The van der Waals surface area contributed by atoms with Crippen LogP contribution in [-0.4, -0.2) is 41.9 Å². The summed E-state index contributed by atoms with van der Waals surface area (Å²) in [4.78, 5) is 25.5. The Labute approximate surface area is 144 Å². The zero-order chi connectivity index (χ0) is 17.5. The Bertz CT molecular complexity index is 554. The van der Waals surface area contributed by atoms with Crippen LogP contribution in [0.25, 0.3) is 0 Å². The molecule has 0 bridgehead atoms. The molecule has 5 nitrogen and oxygen atoms in total. The summed E-state index contributed by atoms with van der Waals surface area (Å²) in [6, 6.07) is 7.94. The zero-order valence-electron chi connectivity index (χ0n) is 14.9. The highest BCUT2D eigenvalue weighted by molar-refractivity contribution is 5.80. The lowest BCUT2D eigenvalue weighted by Gasteiger charge is -2.23. The summed E-state index contributed by atoms with van der Waals surface area (Å²) >= 11 is 0. The average molecular weight is 332 g/mol. The van der Waals surface area contributed by atoms with E-state index in [0.29, 0.717) is 19.4 Å². The normalized spacial score (nSPS) is 15.7.